The summed E-state index contributed by atoms with van der Waals surface area (Å²) in [5.41, 5.74) is -0.772. The van der Waals surface area contributed by atoms with Crippen LogP contribution in [0.15, 0.2) is 36.7 Å². The summed E-state index contributed by atoms with van der Waals surface area (Å²) in [5, 5.41) is 2.50. The Kier molecular flexibility index (Phi) is 5.13. The van der Waals surface area contributed by atoms with Crippen molar-refractivity contribution in [1.29, 1.82) is 0 Å². The normalized spacial score (nSPS) is 13.4. The summed E-state index contributed by atoms with van der Waals surface area (Å²) in [6.45, 7) is 0.104. The van der Waals surface area contributed by atoms with E-state index in [9.17, 15) is 18.0 Å². The smallest absolute Gasteiger partial charge is 0.417 e. The van der Waals surface area contributed by atoms with Crippen LogP contribution in [0.1, 0.15) is 11.3 Å². The Bertz CT molecular complexity index is 916. The predicted molar refractivity (Wildman–Crippen MR) is 90.4 cm³/mol. The Hall–Kier alpha value is -2.94. The number of nitrogens with one attached hydrogen (secondary N) is 1. The van der Waals surface area contributed by atoms with Gasteiger partial charge in [0.05, 0.1) is 23.4 Å². The summed E-state index contributed by atoms with van der Waals surface area (Å²) in [4.78, 5) is 15.7. The van der Waals surface area contributed by atoms with Crippen LogP contribution in [0.5, 0.6) is 11.5 Å². The minimum Gasteiger partial charge on any atom is -0.465 e. The molecule has 0 fully saturated rings. The third-order valence-electron chi connectivity index (χ3n) is 3.58. The average molecular weight is 401 g/mol. The summed E-state index contributed by atoms with van der Waals surface area (Å²) in [5.74, 6) is 0.265. The van der Waals surface area contributed by atoms with Crippen LogP contribution in [0.25, 0.3) is 5.57 Å². The number of fused-ring (bicyclic) bond motifs is 1. The number of halogens is 4. The van der Waals surface area contributed by atoms with Crippen LogP contribution in [0.4, 0.5) is 18.9 Å². The SMILES string of the molecule is COC(=O)C(=CNc1ccc2c(c1)OCO2)c1ncc(C(F)(F)F)cc1Cl. The molecule has 0 amide bonds. The van der Waals surface area contributed by atoms with E-state index < -0.39 is 17.7 Å². The number of ether oxygens (including phenoxy) is 3. The maximum Gasteiger partial charge on any atom is 0.417 e. The zero-order chi connectivity index (χ0) is 19.6. The molecule has 6 nitrogen and oxygen atoms in total. The number of rotatable bonds is 4. The number of anilines is 1. The van der Waals surface area contributed by atoms with Crippen molar-refractivity contribution in [2.24, 2.45) is 0 Å². The Morgan fingerprint density at radius 2 is 2.04 bits per heavy atom. The van der Waals surface area contributed by atoms with Gasteiger partial charge in [0.2, 0.25) is 6.79 Å². The first kappa shape index (κ1) is 18.8. The minimum atomic E-state index is -4.60. The van der Waals surface area contributed by atoms with Gasteiger partial charge in [-0.05, 0) is 18.2 Å². The van der Waals surface area contributed by atoms with E-state index in [0.717, 1.165) is 7.11 Å². The van der Waals surface area contributed by atoms with E-state index in [-0.39, 0.29) is 23.1 Å². The third-order valence-corrected chi connectivity index (χ3v) is 3.87. The predicted octanol–water partition coefficient (Wildman–Crippen LogP) is 4.11. The summed E-state index contributed by atoms with van der Waals surface area (Å²) in [7, 11) is 1.13. The van der Waals surface area contributed by atoms with Crippen LogP contribution in [0.3, 0.4) is 0 Å². The zero-order valence-electron chi connectivity index (χ0n) is 13.8. The van der Waals surface area contributed by atoms with Crippen LogP contribution >= 0.6 is 11.6 Å². The molecular formula is C17H12ClF3N2O4. The first-order valence-electron chi connectivity index (χ1n) is 7.47. The number of carbonyl (C=O) groups excluding carboxylic acids is 1. The van der Waals surface area contributed by atoms with E-state index in [4.69, 9.17) is 21.1 Å². The molecule has 0 aliphatic carbocycles. The van der Waals surface area contributed by atoms with Gasteiger partial charge in [-0.3, -0.25) is 4.98 Å². The van der Waals surface area contributed by atoms with Crippen molar-refractivity contribution in [3.8, 4) is 11.5 Å². The van der Waals surface area contributed by atoms with E-state index >= 15 is 0 Å². The van der Waals surface area contributed by atoms with Gasteiger partial charge in [0.15, 0.2) is 11.5 Å². The highest BCUT2D eigenvalue weighted by molar-refractivity contribution is 6.34. The van der Waals surface area contributed by atoms with E-state index in [0.29, 0.717) is 29.4 Å². The Morgan fingerprint density at radius 3 is 2.70 bits per heavy atom. The van der Waals surface area contributed by atoms with E-state index in [1.165, 1.54) is 6.20 Å². The highest BCUT2D eigenvalue weighted by Crippen LogP contribution is 2.35. The van der Waals surface area contributed by atoms with Crippen molar-refractivity contribution in [2.45, 2.75) is 6.18 Å². The topological polar surface area (TPSA) is 69.7 Å². The maximum absolute atomic E-state index is 12.8. The van der Waals surface area contributed by atoms with Gasteiger partial charge in [0.1, 0.15) is 5.57 Å². The molecule has 2 aromatic rings. The number of methoxy groups -OCH3 is 1. The average Bonchev–Trinajstić information content (AvgIpc) is 3.09. The molecule has 0 atom stereocenters. The van der Waals surface area contributed by atoms with Crippen molar-refractivity contribution >= 4 is 28.8 Å². The molecule has 1 aromatic heterocycles. The Labute approximate surface area is 156 Å². The number of nitrogens with zero attached hydrogens (tertiary/aromatic N) is 1. The third kappa shape index (κ3) is 4.08. The first-order valence-corrected chi connectivity index (χ1v) is 7.85. The molecule has 1 aliphatic heterocycles. The minimum absolute atomic E-state index is 0.104. The fourth-order valence-corrected chi connectivity index (χ4v) is 2.54. The summed E-state index contributed by atoms with van der Waals surface area (Å²) < 4.78 is 53.4. The molecule has 0 radical (unpaired) electrons. The second-order valence-electron chi connectivity index (χ2n) is 5.31. The van der Waals surface area contributed by atoms with Crippen molar-refractivity contribution < 1.29 is 32.2 Å². The molecule has 0 saturated heterocycles. The van der Waals surface area contributed by atoms with E-state index in [1.54, 1.807) is 18.2 Å². The maximum atomic E-state index is 12.8. The van der Waals surface area contributed by atoms with Gasteiger partial charge in [0.25, 0.3) is 0 Å². The monoisotopic (exact) mass is 400 g/mol. The molecule has 27 heavy (non-hydrogen) atoms. The molecule has 0 unspecified atom stereocenters. The largest absolute Gasteiger partial charge is 0.465 e. The van der Waals surface area contributed by atoms with E-state index in [2.05, 4.69) is 15.0 Å². The molecule has 1 aromatic carbocycles. The molecule has 3 rings (SSSR count). The lowest BCUT2D eigenvalue weighted by molar-refractivity contribution is -0.137. The van der Waals surface area contributed by atoms with Crippen molar-refractivity contribution in [1.82, 2.24) is 4.98 Å². The molecule has 1 N–H and O–H groups in total. The van der Waals surface area contributed by atoms with Crippen molar-refractivity contribution in [2.75, 3.05) is 19.2 Å². The lowest BCUT2D eigenvalue weighted by atomic mass is 10.1. The number of esters is 1. The lowest BCUT2D eigenvalue weighted by Crippen LogP contribution is -2.11. The van der Waals surface area contributed by atoms with Crippen LogP contribution in [-0.4, -0.2) is 24.9 Å². The number of aromatic nitrogens is 1. The zero-order valence-corrected chi connectivity index (χ0v) is 14.5. The quantitative estimate of drug-likeness (QED) is 0.615. The van der Waals surface area contributed by atoms with Crippen LogP contribution < -0.4 is 14.8 Å². The molecular weight excluding hydrogens is 389 g/mol. The van der Waals surface area contributed by atoms with Crippen LogP contribution in [0.2, 0.25) is 5.02 Å². The van der Waals surface area contributed by atoms with Gasteiger partial charge in [-0.1, -0.05) is 11.6 Å². The lowest BCUT2D eigenvalue weighted by Gasteiger charge is -2.11. The number of alkyl halides is 3. The molecule has 2 heterocycles. The van der Waals surface area contributed by atoms with Gasteiger partial charge in [-0.15, -0.1) is 0 Å². The number of hydrogen-bond donors (Lipinski definition) is 1. The molecule has 0 saturated carbocycles. The number of hydrogen-bond acceptors (Lipinski definition) is 6. The fourth-order valence-electron chi connectivity index (χ4n) is 2.27. The van der Waals surface area contributed by atoms with Crippen molar-refractivity contribution in [3.63, 3.8) is 0 Å². The molecule has 0 spiro atoms. The van der Waals surface area contributed by atoms with Crippen LogP contribution in [0, 0.1) is 0 Å². The van der Waals surface area contributed by atoms with E-state index in [1.807, 2.05) is 0 Å². The highest BCUT2D eigenvalue weighted by atomic mass is 35.5. The van der Waals surface area contributed by atoms with Gasteiger partial charge >= 0.3 is 12.1 Å². The summed E-state index contributed by atoms with van der Waals surface area (Å²) in [6, 6.07) is 5.66. The molecule has 142 valence electrons. The number of carbonyl (C=O) groups is 1. The summed E-state index contributed by atoms with van der Waals surface area (Å²) in [6.07, 6.45) is -2.77. The second kappa shape index (κ2) is 7.36. The first-order chi connectivity index (χ1) is 12.8. The van der Waals surface area contributed by atoms with Gasteiger partial charge in [0, 0.05) is 24.2 Å². The molecule has 1 aliphatic rings. The standard InChI is InChI=1S/C17H12ClF3N2O4/c1-25-16(24)11(15-12(18)4-9(6-23-15)17(19,20)21)7-22-10-2-3-13-14(5-10)27-8-26-13/h2-7,22H,8H2,1H3. The highest BCUT2D eigenvalue weighted by Gasteiger charge is 2.32. The fraction of sp³-hybridized carbons (Fsp3) is 0.176. The number of benzene rings is 1. The van der Waals surface area contributed by atoms with Gasteiger partial charge < -0.3 is 19.5 Å². The Morgan fingerprint density at radius 1 is 1.30 bits per heavy atom. The van der Waals surface area contributed by atoms with Gasteiger partial charge in [-0.25, -0.2) is 4.79 Å². The van der Waals surface area contributed by atoms with Gasteiger partial charge in [-0.2, -0.15) is 13.2 Å². The number of pyridine rings is 1. The van der Waals surface area contributed by atoms with Crippen molar-refractivity contribution in [3.05, 3.63) is 52.9 Å². The second-order valence-corrected chi connectivity index (χ2v) is 5.72. The summed E-state index contributed by atoms with van der Waals surface area (Å²) >= 11 is 5.91. The molecule has 0 bridgehead atoms. The van der Waals surface area contributed by atoms with Crippen LogP contribution in [-0.2, 0) is 15.7 Å². The Balaban J connectivity index is 1.92. The molecule has 10 heteroatoms.